The summed E-state index contributed by atoms with van der Waals surface area (Å²) < 4.78 is 25.0. The Morgan fingerprint density at radius 2 is 2.03 bits per heavy atom. The van der Waals surface area contributed by atoms with Crippen molar-refractivity contribution >= 4 is 33.9 Å². The summed E-state index contributed by atoms with van der Waals surface area (Å²) in [6.07, 6.45) is 8.91. The number of rotatable bonds is 9. The van der Waals surface area contributed by atoms with Crippen LogP contribution in [0.1, 0.15) is 62.4 Å². The van der Waals surface area contributed by atoms with E-state index in [0.717, 1.165) is 31.7 Å². The topological polar surface area (TPSA) is 91.5 Å². The largest absolute Gasteiger partial charge is 0.383 e. The molecule has 36 heavy (non-hydrogen) atoms. The van der Waals surface area contributed by atoms with Gasteiger partial charge in [0.15, 0.2) is 0 Å². The summed E-state index contributed by atoms with van der Waals surface area (Å²) in [5.41, 5.74) is 3.10. The average Bonchev–Trinajstić information content (AvgIpc) is 3.84. The van der Waals surface area contributed by atoms with Crippen LogP contribution < -0.4 is 10.6 Å². The van der Waals surface area contributed by atoms with Gasteiger partial charge in [-0.3, -0.25) is 4.98 Å². The van der Waals surface area contributed by atoms with Crippen molar-refractivity contribution in [1.29, 1.82) is 5.26 Å². The minimum Gasteiger partial charge on any atom is -0.383 e. The summed E-state index contributed by atoms with van der Waals surface area (Å²) in [5.74, 6) is 0.356. The van der Waals surface area contributed by atoms with Crippen molar-refractivity contribution in [3.8, 4) is 6.07 Å². The highest BCUT2D eigenvalue weighted by molar-refractivity contribution is 6.35. The zero-order valence-corrected chi connectivity index (χ0v) is 20.3. The Bertz CT molecular complexity index is 1510. The van der Waals surface area contributed by atoms with Gasteiger partial charge in [0.05, 0.1) is 41.4 Å². The summed E-state index contributed by atoms with van der Waals surface area (Å²) >= 11 is 6.66. The second-order valence-corrected chi connectivity index (χ2v) is 9.90. The van der Waals surface area contributed by atoms with E-state index >= 15 is 0 Å². The molecule has 2 aromatic carbocycles. The van der Waals surface area contributed by atoms with Gasteiger partial charge in [0.25, 0.3) is 0 Å². The number of nitriles is 1. The number of nitrogens with zero attached hydrogens (tertiary/aromatic N) is 5. The maximum absolute atomic E-state index is 13.7. The van der Waals surface area contributed by atoms with Crippen molar-refractivity contribution in [3.63, 3.8) is 0 Å². The number of anilines is 2. The molecule has 2 fully saturated rings. The van der Waals surface area contributed by atoms with Gasteiger partial charge < -0.3 is 10.6 Å². The Kier molecular flexibility index (Phi) is 5.63. The van der Waals surface area contributed by atoms with E-state index in [1.165, 1.54) is 31.2 Å². The van der Waals surface area contributed by atoms with Crippen LogP contribution in [-0.2, 0) is 0 Å². The van der Waals surface area contributed by atoms with Gasteiger partial charge in [-0.1, -0.05) is 41.8 Å². The van der Waals surface area contributed by atoms with Crippen LogP contribution in [0.15, 0.2) is 48.8 Å². The van der Waals surface area contributed by atoms with Crippen LogP contribution in [0.5, 0.6) is 0 Å². The molecule has 2 heterocycles. The molecule has 182 valence electrons. The van der Waals surface area contributed by atoms with Gasteiger partial charge >= 0.3 is 0 Å². The van der Waals surface area contributed by atoms with Crippen LogP contribution in [0.2, 0.25) is 5.02 Å². The lowest BCUT2D eigenvalue weighted by Crippen LogP contribution is -2.13. The zero-order chi connectivity index (χ0) is 25.6. The molecule has 0 saturated heterocycles. The lowest BCUT2D eigenvalue weighted by Gasteiger charge is -2.20. The predicted molar refractivity (Wildman–Crippen MR) is 137 cm³/mol. The summed E-state index contributed by atoms with van der Waals surface area (Å²) in [7, 11) is 0. The molecule has 7 nitrogen and oxygen atoms in total. The van der Waals surface area contributed by atoms with Crippen molar-refractivity contribution < 1.29 is 5.76 Å². The maximum Gasteiger partial charge on any atom is 0.123 e. The fourth-order valence-electron chi connectivity index (χ4n) is 4.37. The smallest absolute Gasteiger partial charge is 0.123 e. The Balaban J connectivity index is 1.42. The van der Waals surface area contributed by atoms with Crippen LogP contribution >= 0.6 is 11.6 Å². The second kappa shape index (κ2) is 9.40. The Morgan fingerprint density at radius 3 is 2.75 bits per heavy atom. The molecule has 2 aliphatic carbocycles. The number of pyridine rings is 1. The molecule has 0 amide bonds. The van der Waals surface area contributed by atoms with Crippen molar-refractivity contribution in [2.75, 3.05) is 17.2 Å². The summed E-state index contributed by atoms with van der Waals surface area (Å²) in [5, 5.41) is 26.0. The van der Waals surface area contributed by atoms with Gasteiger partial charge in [0.1, 0.15) is 17.6 Å². The van der Waals surface area contributed by atoms with E-state index in [-0.39, 0.29) is 0 Å². The second-order valence-electron chi connectivity index (χ2n) is 9.49. The lowest BCUT2D eigenvalue weighted by atomic mass is 10.0. The molecule has 2 aromatic heterocycles. The standard InChI is InChI=1S/C27H25ClFN7/c28-23-12-20(11-22-25(31-10-9-16-1-2-16)18(13-30)14-32-27(22)23)33-26(17-3-5-19(29)6-4-17)24-15-36(35-34-24)21-7-8-21/h3-6,11-12,14-16,21,26,33H,1-2,7-10H2,(H,31,32)/t26-/m1/s1/i26D. The van der Waals surface area contributed by atoms with E-state index < -0.39 is 11.8 Å². The van der Waals surface area contributed by atoms with Gasteiger partial charge in [0, 0.05) is 23.8 Å². The van der Waals surface area contributed by atoms with Crippen molar-refractivity contribution in [2.24, 2.45) is 5.92 Å². The number of hydrogen-bond donors (Lipinski definition) is 2. The molecule has 1 atom stereocenters. The van der Waals surface area contributed by atoms with Gasteiger partial charge in [-0.2, -0.15) is 5.26 Å². The highest BCUT2D eigenvalue weighted by Gasteiger charge is 2.27. The molecule has 4 aromatic rings. The van der Waals surface area contributed by atoms with Gasteiger partial charge in [-0.05, 0) is 55.0 Å². The third-order valence-electron chi connectivity index (χ3n) is 6.69. The minimum atomic E-state index is -1.57. The molecule has 0 unspecified atom stereocenters. The third-order valence-corrected chi connectivity index (χ3v) is 6.97. The number of aromatic nitrogens is 4. The number of benzene rings is 2. The molecule has 9 heteroatoms. The van der Waals surface area contributed by atoms with E-state index in [1.54, 1.807) is 29.1 Å². The predicted octanol–water partition coefficient (Wildman–Crippen LogP) is 6.24. The maximum atomic E-state index is 13.7. The van der Waals surface area contributed by atoms with Crippen LogP contribution in [-0.4, -0.2) is 26.5 Å². The first-order valence-corrected chi connectivity index (χ1v) is 12.5. The first kappa shape index (κ1) is 21.6. The molecule has 6 rings (SSSR count). The summed E-state index contributed by atoms with van der Waals surface area (Å²) in [6.45, 7) is 0.746. The zero-order valence-electron chi connectivity index (χ0n) is 20.5. The Labute approximate surface area is 214 Å². The van der Waals surface area contributed by atoms with E-state index in [0.29, 0.717) is 50.2 Å². The van der Waals surface area contributed by atoms with Crippen LogP contribution in [0.25, 0.3) is 10.9 Å². The molecule has 2 aliphatic rings. The number of halogens is 2. The van der Waals surface area contributed by atoms with Crippen molar-refractivity contribution in [3.05, 3.63) is 76.5 Å². The average molecular weight is 503 g/mol. The van der Waals surface area contributed by atoms with Crippen LogP contribution in [0.3, 0.4) is 0 Å². The highest BCUT2D eigenvalue weighted by atomic mass is 35.5. The molecule has 0 bridgehead atoms. The Morgan fingerprint density at radius 1 is 1.22 bits per heavy atom. The minimum absolute atomic E-state index is 0.300. The fourth-order valence-corrected chi connectivity index (χ4v) is 4.64. The molecule has 0 radical (unpaired) electrons. The summed E-state index contributed by atoms with van der Waals surface area (Å²) in [6, 6.07) is 10.3. The molecule has 0 spiro atoms. The quantitative estimate of drug-likeness (QED) is 0.281. The Hall–Kier alpha value is -3.70. The highest BCUT2D eigenvalue weighted by Crippen LogP contribution is 2.38. The molecule has 2 N–H and O–H groups in total. The van der Waals surface area contributed by atoms with Crippen LogP contribution in [0, 0.1) is 23.1 Å². The monoisotopic (exact) mass is 502 g/mol. The number of nitrogens with one attached hydrogen (secondary N) is 2. The van der Waals surface area contributed by atoms with Crippen molar-refractivity contribution in [1.82, 2.24) is 20.0 Å². The molecule has 0 aliphatic heterocycles. The molecular weight excluding hydrogens is 477 g/mol. The third kappa shape index (κ3) is 4.71. The first-order valence-electron chi connectivity index (χ1n) is 12.7. The van der Waals surface area contributed by atoms with E-state index in [2.05, 4.69) is 32.0 Å². The number of fused-ring (bicyclic) bond motifs is 1. The summed E-state index contributed by atoms with van der Waals surface area (Å²) in [4.78, 5) is 4.42. The lowest BCUT2D eigenvalue weighted by molar-refractivity contribution is 0.610. The van der Waals surface area contributed by atoms with E-state index in [9.17, 15) is 11.0 Å². The van der Waals surface area contributed by atoms with E-state index in [1.807, 2.05) is 6.07 Å². The van der Waals surface area contributed by atoms with Gasteiger partial charge in [0.2, 0.25) is 0 Å². The van der Waals surface area contributed by atoms with E-state index in [4.69, 9.17) is 11.6 Å². The van der Waals surface area contributed by atoms with Gasteiger partial charge in [-0.15, -0.1) is 5.10 Å². The fraction of sp³-hybridized carbons (Fsp3) is 0.333. The molecule has 2 saturated carbocycles. The molecular formula is C27H25ClFN7. The first-order chi connectivity index (χ1) is 17.9. The number of hydrogen-bond acceptors (Lipinski definition) is 6. The van der Waals surface area contributed by atoms with Crippen molar-refractivity contribution in [2.45, 2.75) is 44.2 Å². The van der Waals surface area contributed by atoms with Crippen LogP contribution in [0.4, 0.5) is 15.8 Å². The normalized spacial score (nSPS) is 17.3. The SMILES string of the molecule is [2H][C@@](Nc1cc(Cl)c2ncc(C#N)c(NCCC3CC3)c2c1)(c1ccc(F)cc1)c1cn(C2CC2)nn1. The van der Waals surface area contributed by atoms with Gasteiger partial charge in [-0.25, -0.2) is 9.07 Å².